The first-order valence-electron chi connectivity index (χ1n) is 4.58. The van der Waals surface area contributed by atoms with E-state index in [-0.39, 0.29) is 0 Å². The van der Waals surface area contributed by atoms with Crippen LogP contribution in [0.15, 0.2) is 0 Å². The molecule has 120 valence electrons. The average molecular weight is 326 g/mol. The van der Waals surface area contributed by atoms with E-state index in [1.165, 1.54) is 0 Å². The number of likely N-dealkylation sites (N-methyl/N-ethyl adjacent to an activating group) is 1. The van der Waals surface area contributed by atoms with E-state index in [1.807, 2.05) is 0 Å². The summed E-state index contributed by atoms with van der Waals surface area (Å²) in [6.07, 6.45) is 0. The predicted octanol–water partition coefficient (Wildman–Crippen LogP) is 3.17. The van der Waals surface area contributed by atoms with Gasteiger partial charge in [-0.25, -0.2) is 4.39 Å². The van der Waals surface area contributed by atoms with Crippen LogP contribution in [-0.4, -0.2) is 53.8 Å². The molecule has 0 N–H and O–H groups in total. The molecule has 0 unspecified atom stereocenters. The normalized spacial score (nSPS) is 29.4. The molecule has 0 amide bonds. The SMILES string of the molecule is CN1C(F)(F)C(F)(F)N(C(F)(F)CF)C(F)(F)C1(F)F. The van der Waals surface area contributed by atoms with Crippen molar-refractivity contribution in [1.29, 1.82) is 0 Å². The molecule has 0 aliphatic carbocycles. The number of alkyl halides is 11. The van der Waals surface area contributed by atoms with Crippen molar-refractivity contribution >= 4 is 0 Å². The maximum Gasteiger partial charge on any atom is 0.392 e. The lowest BCUT2D eigenvalue weighted by Gasteiger charge is -2.53. The van der Waals surface area contributed by atoms with Gasteiger partial charge < -0.3 is 0 Å². The van der Waals surface area contributed by atoms with Crippen molar-refractivity contribution in [3.8, 4) is 0 Å². The van der Waals surface area contributed by atoms with Crippen molar-refractivity contribution in [2.75, 3.05) is 13.7 Å². The van der Waals surface area contributed by atoms with Crippen molar-refractivity contribution in [2.24, 2.45) is 0 Å². The van der Waals surface area contributed by atoms with E-state index in [2.05, 4.69) is 0 Å². The van der Waals surface area contributed by atoms with Crippen LogP contribution in [0.3, 0.4) is 0 Å². The van der Waals surface area contributed by atoms with Gasteiger partial charge in [0.25, 0.3) is 0 Å². The van der Waals surface area contributed by atoms with Crippen LogP contribution in [0.5, 0.6) is 0 Å². The van der Waals surface area contributed by atoms with E-state index in [1.54, 1.807) is 0 Å². The van der Waals surface area contributed by atoms with E-state index in [0.717, 1.165) is 0 Å². The first-order valence-corrected chi connectivity index (χ1v) is 4.58. The molecule has 0 saturated carbocycles. The number of rotatable bonds is 2. The Morgan fingerprint density at radius 1 is 0.750 bits per heavy atom. The Labute approximate surface area is 103 Å². The minimum atomic E-state index is -6.46. The molecule has 0 aromatic heterocycles. The van der Waals surface area contributed by atoms with Crippen molar-refractivity contribution in [1.82, 2.24) is 9.80 Å². The van der Waals surface area contributed by atoms with Crippen molar-refractivity contribution in [2.45, 2.75) is 30.2 Å². The molecular weight excluding hydrogens is 321 g/mol. The Hall–Kier alpha value is -0.850. The fraction of sp³-hybridized carbons (Fsp3) is 1.00. The summed E-state index contributed by atoms with van der Waals surface area (Å²) in [7, 11) is -0.507. The molecule has 1 rings (SSSR count). The first kappa shape index (κ1) is 17.2. The zero-order valence-corrected chi connectivity index (χ0v) is 9.26. The number of nitrogens with zero attached hydrogens (tertiary/aromatic N) is 2. The molecule has 0 aromatic rings. The minimum Gasteiger partial charge on any atom is -0.243 e. The van der Waals surface area contributed by atoms with Gasteiger partial charge in [0.2, 0.25) is 0 Å². The number of hydrogen-bond acceptors (Lipinski definition) is 2. The molecule has 0 aromatic carbocycles. The standard InChI is InChI=1S/C7H5F11N2/c1-19-4(11,12)6(15,16)20(3(9,10)2-8)7(17,18)5(19,13)14/h2H2,1H3. The average Bonchev–Trinajstić information content (AvgIpc) is 2.24. The van der Waals surface area contributed by atoms with Gasteiger partial charge >= 0.3 is 30.2 Å². The highest BCUT2D eigenvalue weighted by molar-refractivity contribution is 5.03. The third-order valence-electron chi connectivity index (χ3n) is 2.62. The number of hydrogen-bond donors (Lipinski definition) is 0. The summed E-state index contributed by atoms with van der Waals surface area (Å²) in [5, 5.41) is 0. The zero-order valence-electron chi connectivity index (χ0n) is 9.26. The van der Waals surface area contributed by atoms with Crippen LogP contribution in [0, 0.1) is 0 Å². The van der Waals surface area contributed by atoms with Gasteiger partial charge in [-0.1, -0.05) is 0 Å². The van der Waals surface area contributed by atoms with Crippen LogP contribution in [0.4, 0.5) is 48.3 Å². The summed E-state index contributed by atoms with van der Waals surface area (Å²) in [5.74, 6) is 0. The summed E-state index contributed by atoms with van der Waals surface area (Å²) in [5.41, 5.74) is 0. The van der Waals surface area contributed by atoms with Gasteiger partial charge in [-0.05, 0) is 7.05 Å². The Morgan fingerprint density at radius 3 is 1.30 bits per heavy atom. The molecule has 2 nitrogen and oxygen atoms in total. The van der Waals surface area contributed by atoms with E-state index < -0.39 is 53.8 Å². The topological polar surface area (TPSA) is 6.48 Å². The molecule has 0 bridgehead atoms. The van der Waals surface area contributed by atoms with E-state index >= 15 is 0 Å². The van der Waals surface area contributed by atoms with Gasteiger partial charge in [0.1, 0.15) is 0 Å². The largest absolute Gasteiger partial charge is 0.392 e. The molecular formula is C7H5F11N2. The molecule has 0 atom stereocenters. The van der Waals surface area contributed by atoms with Gasteiger partial charge in [0.05, 0.1) is 0 Å². The Kier molecular flexibility index (Phi) is 3.51. The molecule has 1 aliphatic heterocycles. The third-order valence-corrected chi connectivity index (χ3v) is 2.62. The van der Waals surface area contributed by atoms with Crippen molar-refractivity contribution in [3.63, 3.8) is 0 Å². The van der Waals surface area contributed by atoms with Crippen molar-refractivity contribution in [3.05, 3.63) is 0 Å². The van der Waals surface area contributed by atoms with Crippen LogP contribution in [0.25, 0.3) is 0 Å². The number of piperazine rings is 1. The fourth-order valence-electron chi connectivity index (χ4n) is 1.50. The smallest absolute Gasteiger partial charge is 0.243 e. The summed E-state index contributed by atoms with van der Waals surface area (Å²) in [4.78, 5) is -5.13. The quantitative estimate of drug-likeness (QED) is 0.568. The van der Waals surface area contributed by atoms with Crippen LogP contribution in [0.1, 0.15) is 0 Å². The monoisotopic (exact) mass is 326 g/mol. The Balaban J connectivity index is 3.62. The summed E-state index contributed by atoms with van der Waals surface area (Å²) in [6, 6.07) is -31.1. The lowest BCUT2D eigenvalue weighted by Crippen LogP contribution is -2.83. The molecule has 13 heteroatoms. The maximum atomic E-state index is 13.1. The van der Waals surface area contributed by atoms with Gasteiger partial charge in [0, 0.05) is 0 Å². The third kappa shape index (κ3) is 1.78. The minimum absolute atomic E-state index is 0.507. The maximum absolute atomic E-state index is 13.1. The second-order valence-corrected chi connectivity index (χ2v) is 3.86. The second-order valence-electron chi connectivity index (χ2n) is 3.86. The van der Waals surface area contributed by atoms with Crippen LogP contribution >= 0.6 is 0 Å². The zero-order chi connectivity index (χ0) is 16.4. The highest BCUT2D eigenvalue weighted by Gasteiger charge is 2.87. The van der Waals surface area contributed by atoms with E-state index in [4.69, 9.17) is 0 Å². The molecule has 1 fully saturated rings. The lowest BCUT2D eigenvalue weighted by molar-refractivity contribution is -0.534. The Morgan fingerprint density at radius 2 is 1.05 bits per heavy atom. The molecule has 1 heterocycles. The van der Waals surface area contributed by atoms with Gasteiger partial charge in [-0.3, -0.25) is 0 Å². The Bertz CT molecular complexity index is 364. The van der Waals surface area contributed by atoms with Gasteiger partial charge in [-0.15, -0.1) is 4.90 Å². The molecule has 0 spiro atoms. The van der Waals surface area contributed by atoms with Crippen molar-refractivity contribution < 1.29 is 48.3 Å². The van der Waals surface area contributed by atoms with E-state index in [0.29, 0.717) is 0 Å². The first-order chi connectivity index (χ1) is 8.58. The van der Waals surface area contributed by atoms with Crippen LogP contribution in [0.2, 0.25) is 0 Å². The lowest BCUT2D eigenvalue weighted by atomic mass is 10.1. The molecule has 1 saturated heterocycles. The van der Waals surface area contributed by atoms with Gasteiger partial charge in [0.15, 0.2) is 6.67 Å². The highest BCUT2D eigenvalue weighted by Crippen LogP contribution is 2.59. The summed E-state index contributed by atoms with van der Waals surface area (Å²) in [6.45, 7) is -3.30. The van der Waals surface area contributed by atoms with Gasteiger partial charge in [-0.2, -0.15) is 48.8 Å². The second kappa shape index (κ2) is 4.08. The van der Waals surface area contributed by atoms with E-state index in [9.17, 15) is 48.3 Å². The fourth-order valence-corrected chi connectivity index (χ4v) is 1.50. The summed E-state index contributed by atoms with van der Waals surface area (Å²) >= 11 is 0. The highest BCUT2D eigenvalue weighted by atomic mass is 19.3. The molecule has 1 aliphatic rings. The predicted molar refractivity (Wildman–Crippen MR) is 40.3 cm³/mol. The number of halogens is 11. The summed E-state index contributed by atoms with van der Waals surface area (Å²) < 4.78 is 142. The van der Waals surface area contributed by atoms with Crippen LogP contribution in [-0.2, 0) is 0 Å². The molecule has 20 heavy (non-hydrogen) atoms. The molecule has 0 radical (unpaired) electrons. The van der Waals surface area contributed by atoms with Crippen LogP contribution < -0.4 is 0 Å².